The van der Waals surface area contributed by atoms with Gasteiger partial charge in [-0.3, -0.25) is 4.79 Å². The minimum absolute atomic E-state index is 0.0364. The van der Waals surface area contributed by atoms with E-state index in [4.69, 9.17) is 16.7 Å². The molecule has 2 aromatic carbocycles. The van der Waals surface area contributed by atoms with E-state index in [1.807, 2.05) is 0 Å². The minimum atomic E-state index is -4.22. The van der Waals surface area contributed by atoms with Crippen molar-refractivity contribution in [3.63, 3.8) is 0 Å². The Morgan fingerprint density at radius 3 is 2.44 bits per heavy atom. The first-order valence-electron chi connectivity index (χ1n) is 10.3. The number of para-hydroxylation sites is 1. The topological polar surface area (TPSA) is 119 Å². The number of aromatic nitrogens is 1. The van der Waals surface area contributed by atoms with Gasteiger partial charge in [0, 0.05) is 21.5 Å². The summed E-state index contributed by atoms with van der Waals surface area (Å²) in [4.78, 5) is 28.1. The van der Waals surface area contributed by atoms with Gasteiger partial charge < -0.3 is 9.72 Å². The Bertz CT molecular complexity index is 1320. The Hall–Kier alpha value is -2.68. The highest BCUT2D eigenvalue weighted by molar-refractivity contribution is 7.89. The van der Waals surface area contributed by atoms with Crippen LogP contribution in [0.3, 0.4) is 0 Å². The second kappa shape index (κ2) is 8.69. The average Bonchev–Trinajstić information content (AvgIpc) is 3.17. The molecule has 0 unspecified atom stereocenters. The molecule has 3 N–H and O–H groups in total. The highest BCUT2D eigenvalue weighted by Crippen LogP contribution is 2.44. The van der Waals surface area contributed by atoms with E-state index >= 15 is 0 Å². The standard InChI is InChI=1S/C23H23ClN2O5S/c1-31-23(28)21(27)19-14-9-5-6-10-17(14)26-20(19)15-11-12-16(24)18(22(15)32(25,29)30)13-7-3-2-4-8-13/h5-6,9-13,26H,2-4,7-8H2,1H3,(H2,25,29,30). The molecule has 1 aromatic heterocycles. The van der Waals surface area contributed by atoms with Gasteiger partial charge in [-0.2, -0.15) is 0 Å². The Morgan fingerprint density at radius 1 is 1.09 bits per heavy atom. The molecule has 0 saturated heterocycles. The highest BCUT2D eigenvalue weighted by Gasteiger charge is 2.32. The fourth-order valence-electron chi connectivity index (χ4n) is 4.63. The van der Waals surface area contributed by atoms with Crippen LogP contribution in [-0.4, -0.2) is 32.3 Å². The lowest BCUT2D eigenvalue weighted by Crippen LogP contribution is -2.20. The summed E-state index contributed by atoms with van der Waals surface area (Å²) in [6.07, 6.45) is 4.61. The Morgan fingerprint density at radius 2 is 1.78 bits per heavy atom. The van der Waals surface area contributed by atoms with E-state index in [1.165, 1.54) is 6.07 Å². The molecule has 1 saturated carbocycles. The molecule has 1 heterocycles. The molecule has 0 bridgehead atoms. The molecule has 0 spiro atoms. The number of H-pyrrole nitrogens is 1. The predicted molar refractivity (Wildman–Crippen MR) is 122 cm³/mol. The molecule has 0 amide bonds. The summed E-state index contributed by atoms with van der Waals surface area (Å²) >= 11 is 6.51. The van der Waals surface area contributed by atoms with Gasteiger partial charge in [0.2, 0.25) is 10.0 Å². The van der Waals surface area contributed by atoms with Gasteiger partial charge >= 0.3 is 5.97 Å². The third kappa shape index (κ3) is 3.94. The number of sulfonamides is 1. The zero-order chi connectivity index (χ0) is 23.0. The monoisotopic (exact) mass is 474 g/mol. The van der Waals surface area contributed by atoms with E-state index in [9.17, 15) is 18.0 Å². The number of ether oxygens (including phenoxy) is 1. The number of halogens is 1. The summed E-state index contributed by atoms with van der Waals surface area (Å²) < 4.78 is 30.4. The lowest BCUT2D eigenvalue weighted by molar-refractivity contribution is -0.135. The maximum absolute atomic E-state index is 13.0. The maximum atomic E-state index is 13.0. The van der Waals surface area contributed by atoms with Gasteiger partial charge in [-0.1, -0.05) is 49.1 Å². The Balaban J connectivity index is 2.07. The molecule has 4 rings (SSSR count). The van der Waals surface area contributed by atoms with Crippen molar-refractivity contribution in [2.24, 2.45) is 5.14 Å². The number of benzene rings is 2. The van der Waals surface area contributed by atoms with Crippen LogP contribution >= 0.6 is 11.6 Å². The zero-order valence-corrected chi connectivity index (χ0v) is 19.1. The van der Waals surface area contributed by atoms with Crippen molar-refractivity contribution in [2.45, 2.75) is 42.9 Å². The summed E-state index contributed by atoms with van der Waals surface area (Å²) in [6, 6.07) is 10.1. The van der Waals surface area contributed by atoms with E-state index in [1.54, 1.807) is 30.3 Å². The van der Waals surface area contributed by atoms with Crippen LogP contribution in [0.5, 0.6) is 0 Å². The molecule has 1 aliphatic rings. The first-order chi connectivity index (χ1) is 15.2. The fourth-order valence-corrected chi connectivity index (χ4v) is 6.05. The summed E-state index contributed by atoms with van der Waals surface area (Å²) in [5.41, 5.74) is 1.49. The number of Topliss-reactive ketones (excluding diaryl/α,β-unsaturated/α-hetero) is 1. The van der Waals surface area contributed by atoms with Crippen LogP contribution in [0, 0.1) is 0 Å². The van der Waals surface area contributed by atoms with Crippen LogP contribution in [0.2, 0.25) is 5.02 Å². The molecule has 3 aromatic rings. The van der Waals surface area contributed by atoms with Crippen LogP contribution in [0.4, 0.5) is 0 Å². The molecule has 7 nitrogen and oxygen atoms in total. The van der Waals surface area contributed by atoms with E-state index in [0.717, 1.165) is 39.2 Å². The minimum Gasteiger partial charge on any atom is -0.463 e. The van der Waals surface area contributed by atoms with Gasteiger partial charge in [-0.05, 0) is 42.5 Å². The largest absolute Gasteiger partial charge is 0.463 e. The van der Waals surface area contributed by atoms with Crippen LogP contribution in [0.1, 0.15) is 53.9 Å². The number of hydrogen-bond acceptors (Lipinski definition) is 5. The zero-order valence-electron chi connectivity index (χ0n) is 17.5. The average molecular weight is 475 g/mol. The number of aromatic amines is 1. The maximum Gasteiger partial charge on any atom is 0.379 e. The van der Waals surface area contributed by atoms with Crippen molar-refractivity contribution in [3.05, 3.63) is 52.5 Å². The van der Waals surface area contributed by atoms with E-state index in [-0.39, 0.29) is 27.6 Å². The smallest absolute Gasteiger partial charge is 0.379 e. The van der Waals surface area contributed by atoms with Crippen LogP contribution in [0.15, 0.2) is 41.3 Å². The van der Waals surface area contributed by atoms with E-state index in [2.05, 4.69) is 9.72 Å². The van der Waals surface area contributed by atoms with Gasteiger partial charge in [0.25, 0.3) is 5.78 Å². The van der Waals surface area contributed by atoms with E-state index in [0.29, 0.717) is 21.5 Å². The second-order valence-electron chi connectivity index (χ2n) is 7.96. The molecular weight excluding hydrogens is 452 g/mol. The summed E-state index contributed by atoms with van der Waals surface area (Å²) in [6.45, 7) is 0. The summed E-state index contributed by atoms with van der Waals surface area (Å²) in [7, 11) is -3.10. The lowest BCUT2D eigenvalue weighted by atomic mass is 9.83. The number of carbonyl (C=O) groups excluding carboxylic acids is 2. The number of hydrogen-bond donors (Lipinski definition) is 2. The Labute approximate surface area is 190 Å². The highest BCUT2D eigenvalue weighted by atomic mass is 35.5. The number of fused-ring (bicyclic) bond motifs is 1. The molecular formula is C23H23ClN2O5S. The number of rotatable bonds is 5. The number of carbonyl (C=O) groups is 2. The molecule has 168 valence electrons. The fraction of sp³-hybridized carbons (Fsp3) is 0.304. The first-order valence-corrected chi connectivity index (χ1v) is 12.3. The quantitative estimate of drug-likeness (QED) is 0.319. The van der Waals surface area contributed by atoms with Gasteiger partial charge in [-0.15, -0.1) is 0 Å². The number of primary sulfonamides is 1. The number of nitrogens with two attached hydrogens (primary N) is 1. The third-order valence-electron chi connectivity index (χ3n) is 6.01. The van der Waals surface area contributed by atoms with Crippen LogP contribution in [-0.2, 0) is 19.6 Å². The lowest BCUT2D eigenvalue weighted by Gasteiger charge is -2.26. The molecule has 0 aliphatic heterocycles. The Kier molecular flexibility index (Phi) is 6.11. The number of ketones is 1. The summed E-state index contributed by atoms with van der Waals surface area (Å²) in [5.74, 6) is -1.99. The predicted octanol–water partition coefficient (Wildman–Crippen LogP) is 4.54. The van der Waals surface area contributed by atoms with Crippen LogP contribution in [0.25, 0.3) is 22.2 Å². The number of esters is 1. The van der Waals surface area contributed by atoms with Crippen molar-refractivity contribution in [1.29, 1.82) is 0 Å². The van der Waals surface area contributed by atoms with Crippen molar-refractivity contribution in [2.75, 3.05) is 7.11 Å². The molecule has 9 heteroatoms. The molecule has 0 radical (unpaired) electrons. The second-order valence-corrected chi connectivity index (χ2v) is 9.86. The normalized spacial score (nSPS) is 15.1. The molecule has 0 atom stereocenters. The van der Waals surface area contributed by atoms with Crippen molar-refractivity contribution >= 4 is 44.3 Å². The number of nitrogens with one attached hydrogen (secondary N) is 1. The van der Waals surface area contributed by atoms with Crippen molar-refractivity contribution < 1.29 is 22.7 Å². The van der Waals surface area contributed by atoms with Crippen molar-refractivity contribution in [3.8, 4) is 11.3 Å². The molecule has 32 heavy (non-hydrogen) atoms. The van der Waals surface area contributed by atoms with Crippen molar-refractivity contribution in [1.82, 2.24) is 4.98 Å². The number of methoxy groups -OCH3 is 1. The first kappa shape index (κ1) is 22.5. The summed E-state index contributed by atoms with van der Waals surface area (Å²) in [5, 5.41) is 6.50. The van der Waals surface area contributed by atoms with Gasteiger partial charge in [-0.25, -0.2) is 18.4 Å². The molecule has 1 fully saturated rings. The third-order valence-corrected chi connectivity index (χ3v) is 7.35. The van der Waals surface area contributed by atoms with Crippen LogP contribution < -0.4 is 5.14 Å². The van der Waals surface area contributed by atoms with Gasteiger partial charge in [0.15, 0.2) is 0 Å². The van der Waals surface area contributed by atoms with Gasteiger partial charge in [0.1, 0.15) is 0 Å². The van der Waals surface area contributed by atoms with E-state index < -0.39 is 21.8 Å². The SMILES string of the molecule is COC(=O)C(=O)c1c(-c2ccc(Cl)c(C3CCCCC3)c2S(N)(=O)=O)[nH]c2ccccc12. The molecule has 1 aliphatic carbocycles. The van der Waals surface area contributed by atoms with Gasteiger partial charge in [0.05, 0.1) is 23.3 Å².